The molecule has 2 heterocycles. The van der Waals surface area contributed by atoms with Gasteiger partial charge in [-0.15, -0.1) is 5.10 Å². The molecule has 0 aromatic heterocycles. The van der Waals surface area contributed by atoms with Gasteiger partial charge in [0, 0.05) is 11.6 Å². The molecule has 2 aliphatic rings. The third-order valence-electron chi connectivity index (χ3n) is 3.98. The Labute approximate surface area is 165 Å². The molecule has 144 valence electrons. The van der Waals surface area contributed by atoms with Crippen LogP contribution in [-0.2, 0) is 11.4 Å². The van der Waals surface area contributed by atoms with Crippen LogP contribution in [0.25, 0.3) is 0 Å². The van der Waals surface area contributed by atoms with E-state index in [9.17, 15) is 4.79 Å². The molecule has 1 N–H and O–H groups in total. The molecule has 1 amide bonds. The van der Waals surface area contributed by atoms with Crippen molar-refractivity contribution in [3.05, 3.63) is 47.5 Å². The summed E-state index contributed by atoms with van der Waals surface area (Å²) in [6.45, 7) is 0.533. The second kappa shape index (κ2) is 8.22. The number of hydrogen-bond acceptors (Lipinski definition) is 8. The first-order valence-electron chi connectivity index (χ1n) is 8.44. The third-order valence-corrected chi connectivity index (χ3v) is 4.85. The maximum absolute atomic E-state index is 11.1. The van der Waals surface area contributed by atoms with E-state index in [0.717, 1.165) is 11.1 Å². The van der Waals surface area contributed by atoms with Crippen molar-refractivity contribution in [2.45, 2.75) is 6.61 Å². The number of rotatable bonds is 6. The molecule has 4 rings (SSSR count). The molecule has 0 saturated carbocycles. The van der Waals surface area contributed by atoms with Crippen LogP contribution in [-0.4, -0.2) is 36.9 Å². The fourth-order valence-electron chi connectivity index (χ4n) is 2.65. The van der Waals surface area contributed by atoms with Gasteiger partial charge in [-0.3, -0.25) is 4.79 Å². The Morgan fingerprint density at radius 3 is 2.93 bits per heavy atom. The fourth-order valence-corrected chi connectivity index (χ4v) is 3.28. The van der Waals surface area contributed by atoms with Crippen LogP contribution in [0.5, 0.6) is 23.0 Å². The molecule has 0 radical (unpaired) electrons. The summed E-state index contributed by atoms with van der Waals surface area (Å²) in [5, 5.41) is 11.2. The van der Waals surface area contributed by atoms with Crippen molar-refractivity contribution in [2.24, 2.45) is 10.2 Å². The van der Waals surface area contributed by atoms with E-state index in [-0.39, 0.29) is 12.7 Å². The lowest BCUT2D eigenvalue weighted by molar-refractivity contribution is -0.116. The highest BCUT2D eigenvalue weighted by atomic mass is 32.2. The maximum Gasteiger partial charge on any atom is 0.236 e. The van der Waals surface area contributed by atoms with E-state index < -0.39 is 0 Å². The Morgan fingerprint density at radius 1 is 1.21 bits per heavy atom. The summed E-state index contributed by atoms with van der Waals surface area (Å²) in [6.07, 6.45) is 1.61. The van der Waals surface area contributed by atoms with Gasteiger partial charge in [0.25, 0.3) is 0 Å². The standard InChI is InChI=1S/C19H17N3O5S/c1-24-15-4-2-12(8-20-22-19-21-18(23)10-28-19)6-13(15)9-25-14-3-5-16-17(7-14)27-11-26-16/h2-8H,9-11H2,1H3,(H,21,22,23). The zero-order valence-corrected chi connectivity index (χ0v) is 15.8. The number of carbonyl (C=O) groups is 1. The Hall–Kier alpha value is -3.20. The summed E-state index contributed by atoms with van der Waals surface area (Å²) in [7, 11) is 1.61. The molecule has 0 aliphatic carbocycles. The quantitative estimate of drug-likeness (QED) is 0.593. The van der Waals surface area contributed by atoms with Crippen molar-refractivity contribution >= 4 is 29.1 Å². The van der Waals surface area contributed by atoms with Crippen LogP contribution < -0.4 is 24.3 Å². The number of amidine groups is 1. The van der Waals surface area contributed by atoms with Crippen molar-refractivity contribution in [2.75, 3.05) is 19.7 Å². The topological polar surface area (TPSA) is 90.7 Å². The number of nitrogens with one attached hydrogen (secondary N) is 1. The molecule has 0 spiro atoms. The monoisotopic (exact) mass is 399 g/mol. The van der Waals surface area contributed by atoms with Gasteiger partial charge in [-0.2, -0.15) is 5.10 Å². The van der Waals surface area contributed by atoms with Gasteiger partial charge < -0.3 is 24.3 Å². The minimum Gasteiger partial charge on any atom is -0.496 e. The minimum atomic E-state index is -0.0636. The van der Waals surface area contributed by atoms with Crippen LogP contribution in [0.3, 0.4) is 0 Å². The summed E-state index contributed by atoms with van der Waals surface area (Å²) in [4.78, 5) is 11.1. The smallest absolute Gasteiger partial charge is 0.236 e. The molecule has 0 bridgehead atoms. The molecule has 2 aliphatic heterocycles. The zero-order valence-electron chi connectivity index (χ0n) is 15.0. The van der Waals surface area contributed by atoms with Crippen molar-refractivity contribution in [1.82, 2.24) is 5.32 Å². The predicted octanol–water partition coefficient (Wildman–Crippen LogP) is 2.56. The van der Waals surface area contributed by atoms with Gasteiger partial charge in [0.1, 0.15) is 18.1 Å². The van der Waals surface area contributed by atoms with Crippen LogP contribution in [0, 0.1) is 0 Å². The molecule has 0 atom stereocenters. The molecule has 2 aromatic carbocycles. The van der Waals surface area contributed by atoms with E-state index in [1.165, 1.54) is 11.8 Å². The minimum absolute atomic E-state index is 0.0636. The van der Waals surface area contributed by atoms with E-state index >= 15 is 0 Å². The van der Waals surface area contributed by atoms with Gasteiger partial charge in [0.15, 0.2) is 16.7 Å². The fraction of sp³-hybridized carbons (Fsp3) is 0.211. The normalized spacial score (nSPS) is 16.6. The highest BCUT2D eigenvalue weighted by Crippen LogP contribution is 2.35. The number of nitrogens with zero attached hydrogens (tertiary/aromatic N) is 2. The predicted molar refractivity (Wildman–Crippen MR) is 106 cm³/mol. The Kier molecular flexibility index (Phi) is 5.34. The van der Waals surface area contributed by atoms with E-state index in [2.05, 4.69) is 15.5 Å². The number of methoxy groups -OCH3 is 1. The lowest BCUT2D eigenvalue weighted by Crippen LogP contribution is -2.19. The second-order valence-electron chi connectivity index (χ2n) is 5.86. The largest absolute Gasteiger partial charge is 0.496 e. The van der Waals surface area contributed by atoms with Crippen molar-refractivity contribution < 1.29 is 23.7 Å². The summed E-state index contributed by atoms with van der Waals surface area (Å²) in [5.74, 6) is 3.07. The number of fused-ring (bicyclic) bond motifs is 1. The second-order valence-corrected chi connectivity index (χ2v) is 6.83. The molecule has 1 fully saturated rings. The highest BCUT2D eigenvalue weighted by Gasteiger charge is 2.16. The van der Waals surface area contributed by atoms with Gasteiger partial charge in [-0.1, -0.05) is 11.8 Å². The van der Waals surface area contributed by atoms with Crippen LogP contribution in [0.1, 0.15) is 11.1 Å². The van der Waals surface area contributed by atoms with Gasteiger partial charge in [0.05, 0.1) is 19.1 Å². The lowest BCUT2D eigenvalue weighted by atomic mass is 10.1. The first-order chi connectivity index (χ1) is 13.7. The SMILES string of the molecule is COc1ccc(C=NN=C2NC(=O)CS2)cc1COc1ccc2c(c1)OCO2. The number of ether oxygens (including phenoxy) is 4. The van der Waals surface area contributed by atoms with Gasteiger partial charge in [-0.25, -0.2) is 0 Å². The molecule has 28 heavy (non-hydrogen) atoms. The zero-order chi connectivity index (χ0) is 19.3. The lowest BCUT2D eigenvalue weighted by Gasteiger charge is -2.11. The Balaban J connectivity index is 1.45. The molecule has 2 aromatic rings. The van der Waals surface area contributed by atoms with E-state index in [0.29, 0.717) is 40.5 Å². The Bertz CT molecular complexity index is 961. The molecule has 0 unspecified atom stereocenters. The number of amides is 1. The summed E-state index contributed by atoms with van der Waals surface area (Å²) in [6, 6.07) is 11.1. The van der Waals surface area contributed by atoms with Gasteiger partial charge in [-0.05, 0) is 35.9 Å². The first kappa shape index (κ1) is 18.2. The van der Waals surface area contributed by atoms with Crippen molar-refractivity contribution in [1.29, 1.82) is 0 Å². The van der Waals surface area contributed by atoms with Crippen LogP contribution in [0.2, 0.25) is 0 Å². The molecule has 1 saturated heterocycles. The summed E-state index contributed by atoms with van der Waals surface area (Å²) < 4.78 is 22.0. The van der Waals surface area contributed by atoms with Crippen molar-refractivity contribution in [3.63, 3.8) is 0 Å². The molecular weight excluding hydrogens is 382 g/mol. The Morgan fingerprint density at radius 2 is 2.11 bits per heavy atom. The van der Waals surface area contributed by atoms with Gasteiger partial charge >= 0.3 is 0 Å². The van der Waals surface area contributed by atoms with Crippen LogP contribution in [0.15, 0.2) is 46.6 Å². The van der Waals surface area contributed by atoms with Crippen LogP contribution >= 0.6 is 11.8 Å². The molecular formula is C19H17N3O5S. The molecule has 8 nitrogen and oxygen atoms in total. The average Bonchev–Trinajstić information content (AvgIpc) is 3.34. The number of hydrogen-bond donors (Lipinski definition) is 1. The number of carbonyl (C=O) groups excluding carboxylic acids is 1. The average molecular weight is 399 g/mol. The first-order valence-corrected chi connectivity index (χ1v) is 9.43. The number of benzene rings is 2. The van der Waals surface area contributed by atoms with Gasteiger partial charge in [0.2, 0.25) is 12.7 Å². The third kappa shape index (κ3) is 4.20. The van der Waals surface area contributed by atoms with E-state index in [1.807, 2.05) is 30.3 Å². The van der Waals surface area contributed by atoms with Crippen molar-refractivity contribution in [3.8, 4) is 23.0 Å². The molecule has 9 heteroatoms. The summed E-state index contributed by atoms with van der Waals surface area (Å²) >= 11 is 1.33. The van der Waals surface area contributed by atoms with E-state index in [4.69, 9.17) is 18.9 Å². The van der Waals surface area contributed by atoms with E-state index in [1.54, 1.807) is 19.4 Å². The number of thioether (sulfide) groups is 1. The summed E-state index contributed by atoms with van der Waals surface area (Å²) in [5.41, 5.74) is 1.70. The highest BCUT2D eigenvalue weighted by molar-refractivity contribution is 8.15. The van der Waals surface area contributed by atoms with Crippen LogP contribution in [0.4, 0.5) is 0 Å². The maximum atomic E-state index is 11.1.